The van der Waals surface area contributed by atoms with Gasteiger partial charge in [0.15, 0.2) is 0 Å². The van der Waals surface area contributed by atoms with Crippen molar-refractivity contribution >= 4 is 0 Å². The third-order valence-electron chi connectivity index (χ3n) is 3.08. The first kappa shape index (κ1) is 12.8. The molecule has 0 saturated heterocycles. The maximum absolute atomic E-state index is 4.06. The average molecular weight is 244 g/mol. The molecule has 0 radical (unpaired) electrons. The van der Waals surface area contributed by atoms with Crippen molar-refractivity contribution in [3.63, 3.8) is 0 Å². The quantitative estimate of drug-likeness (QED) is 0.873. The van der Waals surface area contributed by atoms with Crippen LogP contribution in [-0.4, -0.2) is 21.5 Å². The molecule has 4 heteroatoms. The lowest BCUT2D eigenvalue weighted by atomic mass is 9.84. The number of nitrogens with zero attached hydrogens (tertiary/aromatic N) is 3. The van der Waals surface area contributed by atoms with Crippen molar-refractivity contribution < 1.29 is 0 Å². The minimum absolute atomic E-state index is 0.115. The minimum atomic E-state index is 0.115. The summed E-state index contributed by atoms with van der Waals surface area (Å²) in [6, 6.07) is 10.6. The van der Waals surface area contributed by atoms with Gasteiger partial charge in [-0.15, -0.1) is 5.10 Å². The predicted molar refractivity (Wildman–Crippen MR) is 72.2 cm³/mol. The van der Waals surface area contributed by atoms with Gasteiger partial charge >= 0.3 is 0 Å². The summed E-state index contributed by atoms with van der Waals surface area (Å²) in [6.07, 6.45) is 1.93. The highest BCUT2D eigenvalue weighted by atomic mass is 15.4. The van der Waals surface area contributed by atoms with Crippen LogP contribution in [0.5, 0.6) is 0 Å². The highest BCUT2D eigenvalue weighted by Gasteiger charge is 2.19. The van der Waals surface area contributed by atoms with E-state index in [-0.39, 0.29) is 5.41 Å². The van der Waals surface area contributed by atoms with Gasteiger partial charge in [0, 0.05) is 31.7 Å². The first-order valence-electron chi connectivity index (χ1n) is 6.19. The van der Waals surface area contributed by atoms with Crippen LogP contribution in [0.15, 0.2) is 36.5 Å². The van der Waals surface area contributed by atoms with E-state index in [0.717, 1.165) is 18.8 Å². The molecule has 2 aromatic rings. The van der Waals surface area contributed by atoms with Crippen molar-refractivity contribution in [2.24, 2.45) is 7.05 Å². The first-order valence-corrected chi connectivity index (χ1v) is 6.19. The third-order valence-corrected chi connectivity index (χ3v) is 3.08. The molecule has 0 fully saturated rings. The Morgan fingerprint density at radius 3 is 2.56 bits per heavy atom. The molecular weight excluding hydrogens is 224 g/mol. The Morgan fingerprint density at radius 2 is 1.94 bits per heavy atom. The Kier molecular flexibility index (Phi) is 3.77. The molecule has 0 amide bonds. The van der Waals surface area contributed by atoms with Crippen molar-refractivity contribution in [2.75, 3.05) is 6.54 Å². The molecule has 0 aliphatic heterocycles. The zero-order valence-corrected chi connectivity index (χ0v) is 11.2. The van der Waals surface area contributed by atoms with Crippen LogP contribution in [0.2, 0.25) is 0 Å². The first-order chi connectivity index (χ1) is 8.58. The summed E-state index contributed by atoms with van der Waals surface area (Å²) in [5.74, 6) is 0. The maximum atomic E-state index is 4.06. The predicted octanol–water partition coefficient (Wildman–Crippen LogP) is 1.88. The third kappa shape index (κ3) is 3.17. The summed E-state index contributed by atoms with van der Waals surface area (Å²) in [7, 11) is 1.88. The largest absolute Gasteiger partial charge is 0.310 e. The molecule has 0 aliphatic rings. The van der Waals surface area contributed by atoms with E-state index in [4.69, 9.17) is 0 Å². The lowest BCUT2D eigenvalue weighted by molar-refractivity contribution is 0.466. The molecule has 0 atom stereocenters. The number of benzene rings is 1. The van der Waals surface area contributed by atoms with Crippen LogP contribution in [0.1, 0.15) is 25.1 Å². The van der Waals surface area contributed by atoms with E-state index < -0.39 is 0 Å². The summed E-state index contributed by atoms with van der Waals surface area (Å²) in [5, 5.41) is 11.4. The summed E-state index contributed by atoms with van der Waals surface area (Å²) >= 11 is 0. The molecule has 18 heavy (non-hydrogen) atoms. The Morgan fingerprint density at radius 1 is 1.22 bits per heavy atom. The van der Waals surface area contributed by atoms with Gasteiger partial charge in [0.05, 0.1) is 5.69 Å². The van der Waals surface area contributed by atoms with Crippen molar-refractivity contribution in [3.8, 4) is 0 Å². The van der Waals surface area contributed by atoms with Crippen molar-refractivity contribution in [2.45, 2.75) is 25.8 Å². The Labute approximate surface area is 108 Å². The van der Waals surface area contributed by atoms with Crippen LogP contribution < -0.4 is 5.32 Å². The molecule has 1 aromatic carbocycles. The summed E-state index contributed by atoms with van der Waals surface area (Å²) in [5.41, 5.74) is 2.43. The van der Waals surface area contributed by atoms with Gasteiger partial charge in [-0.25, -0.2) is 0 Å². The number of hydrogen-bond acceptors (Lipinski definition) is 3. The molecule has 1 heterocycles. The SMILES string of the molecule is Cn1cc(CNCC(C)(C)c2ccccc2)nn1. The molecule has 4 nitrogen and oxygen atoms in total. The summed E-state index contributed by atoms with van der Waals surface area (Å²) < 4.78 is 1.72. The van der Waals surface area contributed by atoms with Crippen LogP contribution in [0.4, 0.5) is 0 Å². The Bertz CT molecular complexity index is 488. The van der Waals surface area contributed by atoms with Crippen LogP contribution >= 0.6 is 0 Å². The number of hydrogen-bond donors (Lipinski definition) is 1. The Balaban J connectivity index is 1.89. The highest BCUT2D eigenvalue weighted by molar-refractivity contribution is 5.23. The number of aryl methyl sites for hydroxylation is 1. The van der Waals surface area contributed by atoms with E-state index in [1.165, 1.54) is 5.56 Å². The van der Waals surface area contributed by atoms with Crippen molar-refractivity contribution in [1.82, 2.24) is 20.3 Å². The molecule has 0 spiro atoms. The van der Waals surface area contributed by atoms with E-state index in [9.17, 15) is 0 Å². The fraction of sp³-hybridized carbons (Fsp3) is 0.429. The molecule has 0 aliphatic carbocycles. The maximum Gasteiger partial charge on any atom is 0.0964 e. The van der Waals surface area contributed by atoms with Gasteiger partial charge in [-0.05, 0) is 5.56 Å². The average Bonchev–Trinajstić information content (AvgIpc) is 2.76. The lowest BCUT2D eigenvalue weighted by Gasteiger charge is -2.25. The second-order valence-corrected chi connectivity index (χ2v) is 5.24. The summed E-state index contributed by atoms with van der Waals surface area (Å²) in [6.45, 7) is 6.15. The molecule has 0 bridgehead atoms. The lowest BCUT2D eigenvalue weighted by Crippen LogP contribution is -2.32. The minimum Gasteiger partial charge on any atom is -0.310 e. The van der Waals surface area contributed by atoms with Gasteiger partial charge in [0.1, 0.15) is 0 Å². The second kappa shape index (κ2) is 5.31. The van der Waals surface area contributed by atoms with E-state index in [0.29, 0.717) is 0 Å². The molecule has 1 aromatic heterocycles. The second-order valence-electron chi connectivity index (χ2n) is 5.24. The molecule has 1 N–H and O–H groups in total. The molecule has 0 saturated carbocycles. The van der Waals surface area contributed by atoms with Crippen LogP contribution in [0.3, 0.4) is 0 Å². The normalized spacial score (nSPS) is 11.7. The number of aromatic nitrogens is 3. The fourth-order valence-electron chi connectivity index (χ4n) is 1.97. The topological polar surface area (TPSA) is 42.7 Å². The van der Waals surface area contributed by atoms with E-state index in [1.54, 1.807) is 4.68 Å². The standard InChI is InChI=1S/C14H20N4/c1-14(2,12-7-5-4-6-8-12)11-15-9-13-10-18(3)17-16-13/h4-8,10,15H,9,11H2,1-3H3. The smallest absolute Gasteiger partial charge is 0.0964 e. The van der Waals surface area contributed by atoms with Gasteiger partial charge in [0.2, 0.25) is 0 Å². The highest BCUT2D eigenvalue weighted by Crippen LogP contribution is 2.21. The fourth-order valence-corrected chi connectivity index (χ4v) is 1.97. The molecule has 96 valence electrons. The van der Waals surface area contributed by atoms with Crippen molar-refractivity contribution in [3.05, 3.63) is 47.8 Å². The van der Waals surface area contributed by atoms with Gasteiger partial charge in [-0.2, -0.15) is 0 Å². The van der Waals surface area contributed by atoms with Crippen LogP contribution in [0, 0.1) is 0 Å². The van der Waals surface area contributed by atoms with E-state index >= 15 is 0 Å². The zero-order valence-electron chi connectivity index (χ0n) is 11.2. The molecule has 2 rings (SSSR count). The van der Waals surface area contributed by atoms with Gasteiger partial charge in [0.25, 0.3) is 0 Å². The van der Waals surface area contributed by atoms with E-state index in [1.807, 2.05) is 19.3 Å². The van der Waals surface area contributed by atoms with Crippen LogP contribution in [0.25, 0.3) is 0 Å². The van der Waals surface area contributed by atoms with Gasteiger partial charge in [-0.3, -0.25) is 4.68 Å². The Hall–Kier alpha value is -1.68. The number of rotatable bonds is 5. The molecule has 0 unspecified atom stereocenters. The zero-order chi connectivity index (χ0) is 13.0. The summed E-state index contributed by atoms with van der Waals surface area (Å²) in [4.78, 5) is 0. The van der Waals surface area contributed by atoms with E-state index in [2.05, 4.69) is 53.7 Å². The van der Waals surface area contributed by atoms with Gasteiger partial charge in [-0.1, -0.05) is 49.4 Å². The molecular formula is C14H20N4. The number of nitrogens with one attached hydrogen (secondary N) is 1. The van der Waals surface area contributed by atoms with Gasteiger partial charge < -0.3 is 5.32 Å². The monoisotopic (exact) mass is 244 g/mol. The van der Waals surface area contributed by atoms with Crippen molar-refractivity contribution in [1.29, 1.82) is 0 Å². The van der Waals surface area contributed by atoms with Crippen LogP contribution in [-0.2, 0) is 19.0 Å².